The van der Waals surface area contributed by atoms with Gasteiger partial charge in [0.05, 0.1) is 0 Å². The van der Waals surface area contributed by atoms with Crippen molar-refractivity contribution in [2.75, 3.05) is 0 Å². The maximum Gasteiger partial charge on any atom is 0.220 e. The molecule has 1 saturated carbocycles. The van der Waals surface area contributed by atoms with Gasteiger partial charge in [0.1, 0.15) is 0 Å². The number of hydrogen-bond donors (Lipinski definition) is 1. The lowest BCUT2D eigenvalue weighted by Gasteiger charge is -2.40. The summed E-state index contributed by atoms with van der Waals surface area (Å²) in [5, 5.41) is 3.20. The van der Waals surface area contributed by atoms with Crippen LogP contribution in [0.1, 0.15) is 72.1 Å². The smallest absolute Gasteiger partial charge is 0.220 e. The number of amides is 1. The third-order valence-electron chi connectivity index (χ3n) is 4.28. The molecule has 1 unspecified atom stereocenters. The van der Waals surface area contributed by atoms with Crippen molar-refractivity contribution in [2.45, 2.75) is 78.2 Å². The second-order valence-electron chi connectivity index (χ2n) is 5.32. The van der Waals surface area contributed by atoms with Crippen LogP contribution in [0.5, 0.6) is 0 Å². The molecule has 1 rings (SSSR count). The van der Waals surface area contributed by atoms with Gasteiger partial charge in [-0.3, -0.25) is 4.79 Å². The Balaban J connectivity index is 2.47. The van der Waals surface area contributed by atoms with Crippen molar-refractivity contribution in [1.29, 1.82) is 0 Å². The lowest BCUT2D eigenvalue weighted by Crippen LogP contribution is -2.42. The predicted molar refractivity (Wildman–Crippen MR) is 68.3 cm³/mol. The first-order valence-electron chi connectivity index (χ1n) is 6.95. The van der Waals surface area contributed by atoms with Gasteiger partial charge < -0.3 is 5.32 Å². The molecular weight excluding hydrogens is 198 g/mol. The fourth-order valence-corrected chi connectivity index (χ4v) is 2.99. The maximum atomic E-state index is 11.6. The van der Waals surface area contributed by atoms with Gasteiger partial charge in [-0.05, 0) is 31.1 Å². The number of rotatable bonds is 5. The van der Waals surface area contributed by atoms with Crippen molar-refractivity contribution in [3.8, 4) is 0 Å². The maximum absolute atomic E-state index is 11.6. The molecule has 0 spiro atoms. The molecule has 1 aliphatic rings. The first-order chi connectivity index (χ1) is 7.65. The summed E-state index contributed by atoms with van der Waals surface area (Å²) in [6, 6.07) is 0.438. The topological polar surface area (TPSA) is 29.1 Å². The minimum atomic E-state index is 0.246. The minimum absolute atomic E-state index is 0.246. The fraction of sp³-hybridized carbons (Fsp3) is 0.929. The number of hydrogen-bond acceptors (Lipinski definition) is 1. The van der Waals surface area contributed by atoms with Crippen molar-refractivity contribution < 1.29 is 4.79 Å². The highest BCUT2D eigenvalue weighted by atomic mass is 16.1. The highest BCUT2D eigenvalue weighted by molar-refractivity contribution is 5.76. The first-order valence-corrected chi connectivity index (χ1v) is 6.95. The summed E-state index contributed by atoms with van der Waals surface area (Å²) in [4.78, 5) is 11.6. The van der Waals surface area contributed by atoms with Crippen LogP contribution >= 0.6 is 0 Å². The Bertz CT molecular complexity index is 221. The van der Waals surface area contributed by atoms with E-state index < -0.39 is 0 Å². The molecule has 0 heterocycles. The van der Waals surface area contributed by atoms with Crippen LogP contribution in [-0.2, 0) is 4.79 Å². The molecule has 0 saturated heterocycles. The van der Waals surface area contributed by atoms with Crippen LogP contribution in [0, 0.1) is 5.41 Å². The van der Waals surface area contributed by atoms with Crippen LogP contribution in [0.15, 0.2) is 0 Å². The van der Waals surface area contributed by atoms with E-state index in [-0.39, 0.29) is 5.91 Å². The molecule has 0 aliphatic heterocycles. The van der Waals surface area contributed by atoms with Gasteiger partial charge in [-0.2, -0.15) is 0 Å². The molecular formula is C14H27NO. The first kappa shape index (κ1) is 13.5. The summed E-state index contributed by atoms with van der Waals surface area (Å²) in [5.74, 6) is 0.246. The van der Waals surface area contributed by atoms with E-state index in [0.29, 0.717) is 17.9 Å². The van der Waals surface area contributed by atoms with E-state index in [1.54, 1.807) is 0 Å². The van der Waals surface area contributed by atoms with E-state index in [1.165, 1.54) is 38.5 Å². The van der Waals surface area contributed by atoms with Gasteiger partial charge in [-0.1, -0.05) is 40.0 Å². The van der Waals surface area contributed by atoms with E-state index in [9.17, 15) is 4.79 Å². The molecule has 94 valence electrons. The molecule has 0 radical (unpaired) electrons. The SMILES string of the molecule is CCCC(=O)NC1CCCC(CC)(CC)C1. The van der Waals surface area contributed by atoms with E-state index in [4.69, 9.17) is 0 Å². The Morgan fingerprint density at radius 2 is 2.00 bits per heavy atom. The molecule has 0 aromatic carbocycles. The molecule has 1 fully saturated rings. The second-order valence-corrected chi connectivity index (χ2v) is 5.32. The third-order valence-corrected chi connectivity index (χ3v) is 4.28. The van der Waals surface area contributed by atoms with Gasteiger partial charge in [0.25, 0.3) is 0 Å². The van der Waals surface area contributed by atoms with Crippen molar-refractivity contribution >= 4 is 5.91 Å². The van der Waals surface area contributed by atoms with Crippen LogP contribution in [0.3, 0.4) is 0 Å². The lowest BCUT2D eigenvalue weighted by atomic mass is 9.69. The van der Waals surface area contributed by atoms with Crippen molar-refractivity contribution in [2.24, 2.45) is 5.41 Å². The lowest BCUT2D eigenvalue weighted by molar-refractivity contribution is -0.122. The Kier molecular flexibility index (Phi) is 5.30. The van der Waals surface area contributed by atoms with Crippen LogP contribution in [0.2, 0.25) is 0 Å². The van der Waals surface area contributed by atoms with Gasteiger partial charge in [0.2, 0.25) is 5.91 Å². The number of carbonyl (C=O) groups is 1. The normalized spacial score (nSPS) is 24.1. The van der Waals surface area contributed by atoms with E-state index >= 15 is 0 Å². The Morgan fingerprint density at radius 3 is 2.56 bits per heavy atom. The van der Waals surface area contributed by atoms with Crippen LogP contribution < -0.4 is 5.32 Å². The second kappa shape index (κ2) is 6.27. The molecule has 1 aliphatic carbocycles. The van der Waals surface area contributed by atoms with Crippen LogP contribution in [0.25, 0.3) is 0 Å². The molecule has 0 aromatic rings. The Morgan fingerprint density at radius 1 is 1.31 bits per heavy atom. The standard InChI is InChI=1S/C14H27NO/c1-4-8-13(16)15-12-9-7-10-14(5-2,6-3)11-12/h12H,4-11H2,1-3H3,(H,15,16). The van der Waals surface area contributed by atoms with Crippen molar-refractivity contribution in [3.63, 3.8) is 0 Å². The molecule has 2 nitrogen and oxygen atoms in total. The molecule has 1 atom stereocenters. The summed E-state index contributed by atoms with van der Waals surface area (Å²) in [6.07, 6.45) is 9.13. The highest BCUT2D eigenvalue weighted by Gasteiger charge is 2.33. The van der Waals surface area contributed by atoms with Crippen molar-refractivity contribution in [3.05, 3.63) is 0 Å². The minimum Gasteiger partial charge on any atom is -0.353 e. The van der Waals surface area contributed by atoms with Gasteiger partial charge in [0, 0.05) is 12.5 Å². The van der Waals surface area contributed by atoms with E-state index in [1.807, 2.05) is 0 Å². The summed E-state index contributed by atoms with van der Waals surface area (Å²) in [5.41, 5.74) is 0.502. The summed E-state index contributed by atoms with van der Waals surface area (Å²) < 4.78 is 0. The van der Waals surface area contributed by atoms with Crippen LogP contribution in [0.4, 0.5) is 0 Å². The van der Waals surface area contributed by atoms with E-state index in [2.05, 4.69) is 26.1 Å². The molecule has 0 aromatic heterocycles. The Hall–Kier alpha value is -0.530. The third kappa shape index (κ3) is 3.50. The fourth-order valence-electron chi connectivity index (χ4n) is 2.99. The molecule has 1 amide bonds. The highest BCUT2D eigenvalue weighted by Crippen LogP contribution is 2.41. The van der Waals surface area contributed by atoms with Gasteiger partial charge in [-0.25, -0.2) is 0 Å². The van der Waals surface area contributed by atoms with E-state index in [0.717, 1.165) is 6.42 Å². The Labute approximate surface area is 100 Å². The molecule has 0 bridgehead atoms. The molecule has 2 heteroatoms. The van der Waals surface area contributed by atoms with Crippen molar-refractivity contribution in [1.82, 2.24) is 5.32 Å². The molecule has 1 N–H and O–H groups in total. The zero-order valence-corrected chi connectivity index (χ0v) is 11.1. The number of nitrogens with one attached hydrogen (secondary N) is 1. The predicted octanol–water partition coefficient (Wildman–Crippen LogP) is 3.65. The zero-order valence-electron chi connectivity index (χ0n) is 11.1. The average Bonchev–Trinajstić information content (AvgIpc) is 2.29. The quantitative estimate of drug-likeness (QED) is 0.760. The van der Waals surface area contributed by atoms with Gasteiger partial charge in [-0.15, -0.1) is 0 Å². The zero-order chi connectivity index (χ0) is 12.0. The van der Waals surface area contributed by atoms with Crippen LogP contribution in [-0.4, -0.2) is 11.9 Å². The molecule has 16 heavy (non-hydrogen) atoms. The number of carbonyl (C=O) groups excluding carboxylic acids is 1. The summed E-state index contributed by atoms with van der Waals surface area (Å²) in [6.45, 7) is 6.64. The van der Waals surface area contributed by atoms with Gasteiger partial charge in [0.15, 0.2) is 0 Å². The average molecular weight is 225 g/mol. The monoisotopic (exact) mass is 225 g/mol. The summed E-state index contributed by atoms with van der Waals surface area (Å²) in [7, 11) is 0. The largest absolute Gasteiger partial charge is 0.353 e. The summed E-state index contributed by atoms with van der Waals surface area (Å²) >= 11 is 0. The van der Waals surface area contributed by atoms with Gasteiger partial charge >= 0.3 is 0 Å².